The molecule has 1 saturated carbocycles. The third-order valence-corrected chi connectivity index (χ3v) is 9.04. The average molecular weight is 674 g/mol. The van der Waals surface area contributed by atoms with E-state index in [4.69, 9.17) is 27.1 Å². The monoisotopic (exact) mass is 673 g/mol. The number of nitrogen functional groups attached to an aromatic ring is 1. The predicted molar refractivity (Wildman–Crippen MR) is 196 cm³/mol. The first-order valence-corrected chi connectivity index (χ1v) is 16.9. The van der Waals surface area contributed by atoms with Gasteiger partial charge in [-0.1, -0.05) is 76.2 Å². The highest BCUT2D eigenvalue weighted by molar-refractivity contribution is 6.34. The third-order valence-electron chi connectivity index (χ3n) is 8.65. The molecule has 0 radical (unpaired) electrons. The van der Waals surface area contributed by atoms with Gasteiger partial charge in [-0.05, 0) is 73.1 Å². The highest BCUT2D eigenvalue weighted by Gasteiger charge is 2.25. The van der Waals surface area contributed by atoms with Gasteiger partial charge in [-0.3, -0.25) is 15.0 Å². The number of anilines is 1. The first-order chi connectivity index (χ1) is 23.1. The molecule has 1 aliphatic carbocycles. The Morgan fingerprint density at radius 2 is 1.88 bits per heavy atom. The van der Waals surface area contributed by atoms with Crippen LogP contribution in [0.4, 0.5) is 14.5 Å². The highest BCUT2D eigenvalue weighted by Crippen LogP contribution is 2.39. The minimum atomic E-state index is -2.80. The molecular weight excluding hydrogens is 628 g/mol. The Balaban J connectivity index is 0.00000255. The van der Waals surface area contributed by atoms with Crippen LogP contribution in [0.5, 0.6) is 5.75 Å². The van der Waals surface area contributed by atoms with E-state index in [2.05, 4.69) is 53.9 Å². The zero-order valence-corrected chi connectivity index (χ0v) is 29.4. The van der Waals surface area contributed by atoms with Gasteiger partial charge in [-0.2, -0.15) is 0 Å². The summed E-state index contributed by atoms with van der Waals surface area (Å²) in [5.74, 6) is 0.549. The van der Waals surface area contributed by atoms with E-state index >= 15 is 0 Å². The van der Waals surface area contributed by atoms with Gasteiger partial charge in [0.25, 0.3) is 6.43 Å². The normalized spacial score (nSPS) is 14.0. The maximum atomic E-state index is 13.8. The molecule has 48 heavy (non-hydrogen) atoms. The van der Waals surface area contributed by atoms with Gasteiger partial charge in [0.1, 0.15) is 11.4 Å². The summed E-state index contributed by atoms with van der Waals surface area (Å²) in [6.45, 7) is 15.1. The molecule has 0 saturated heterocycles. The Bertz CT molecular complexity index is 1740. The quantitative estimate of drug-likeness (QED) is 0.109. The van der Waals surface area contributed by atoms with E-state index in [0.717, 1.165) is 52.8 Å². The Hall–Kier alpha value is -4.30. The van der Waals surface area contributed by atoms with Crippen molar-refractivity contribution < 1.29 is 13.5 Å². The molecule has 9 heteroatoms. The van der Waals surface area contributed by atoms with E-state index in [1.54, 1.807) is 13.2 Å². The Labute approximate surface area is 288 Å². The fourth-order valence-corrected chi connectivity index (χ4v) is 5.81. The molecule has 6 nitrogen and oxygen atoms in total. The van der Waals surface area contributed by atoms with Gasteiger partial charge in [-0.15, -0.1) is 0 Å². The summed E-state index contributed by atoms with van der Waals surface area (Å²) in [4.78, 5) is 13.6. The van der Waals surface area contributed by atoms with Crippen LogP contribution >= 0.6 is 11.6 Å². The summed E-state index contributed by atoms with van der Waals surface area (Å²) in [6, 6.07) is 18.1. The van der Waals surface area contributed by atoms with Crippen molar-refractivity contribution in [1.29, 1.82) is 0 Å². The van der Waals surface area contributed by atoms with Crippen LogP contribution in [0.25, 0.3) is 17.0 Å². The summed E-state index contributed by atoms with van der Waals surface area (Å²) < 4.78 is 33.2. The number of alkyl halides is 2. The van der Waals surface area contributed by atoms with Crippen molar-refractivity contribution in [3.8, 4) is 17.0 Å². The maximum absolute atomic E-state index is 13.8. The molecule has 1 aliphatic rings. The summed E-state index contributed by atoms with van der Waals surface area (Å²) in [5, 5.41) is 3.45. The van der Waals surface area contributed by atoms with Crippen LogP contribution < -0.4 is 15.8 Å². The lowest BCUT2D eigenvalue weighted by Crippen LogP contribution is -2.22. The molecule has 0 spiro atoms. The summed E-state index contributed by atoms with van der Waals surface area (Å²) in [5.41, 5.74) is 13.6. The van der Waals surface area contributed by atoms with Gasteiger partial charge in [0, 0.05) is 47.3 Å². The molecule has 2 aromatic heterocycles. The van der Waals surface area contributed by atoms with Crippen LogP contribution in [0, 0.1) is 6.92 Å². The molecule has 2 unspecified atom stereocenters. The molecule has 1 fully saturated rings. The molecule has 2 atom stereocenters. The zero-order chi connectivity index (χ0) is 35.0. The molecule has 2 heterocycles. The lowest BCUT2D eigenvalue weighted by molar-refractivity contribution is 0.146. The van der Waals surface area contributed by atoms with Crippen molar-refractivity contribution in [3.05, 3.63) is 112 Å². The van der Waals surface area contributed by atoms with Gasteiger partial charge in [0.05, 0.1) is 35.2 Å². The van der Waals surface area contributed by atoms with Gasteiger partial charge in [0.2, 0.25) is 0 Å². The average Bonchev–Trinajstić information content (AvgIpc) is 3.94. The fourth-order valence-electron chi connectivity index (χ4n) is 5.53. The van der Waals surface area contributed by atoms with Crippen LogP contribution in [0.3, 0.4) is 0 Å². The Morgan fingerprint density at radius 3 is 2.50 bits per heavy atom. The largest absolute Gasteiger partial charge is 0.495 e. The molecular formula is C39H46ClF2N5O. The number of pyridine rings is 2. The van der Waals surface area contributed by atoms with Crippen LogP contribution in [-0.4, -0.2) is 35.9 Å². The fraction of sp³-hybridized carbons (Fsp3) is 0.359. The number of methoxy groups -OCH3 is 1. The molecule has 0 aliphatic heterocycles. The van der Waals surface area contributed by atoms with Crippen LogP contribution in [0.2, 0.25) is 5.02 Å². The number of hydrogen-bond donors (Lipinski definition) is 2. The molecule has 254 valence electrons. The second kappa shape index (κ2) is 16.7. The van der Waals surface area contributed by atoms with Crippen molar-refractivity contribution in [2.24, 2.45) is 4.99 Å². The lowest BCUT2D eigenvalue weighted by atomic mass is 9.87. The smallest absolute Gasteiger partial charge is 0.281 e. The van der Waals surface area contributed by atoms with E-state index < -0.39 is 12.1 Å². The summed E-state index contributed by atoms with van der Waals surface area (Å²) in [7, 11) is 1.59. The van der Waals surface area contributed by atoms with Crippen LogP contribution in [0.15, 0.2) is 72.4 Å². The van der Waals surface area contributed by atoms with E-state index in [9.17, 15) is 8.78 Å². The Morgan fingerprint density at radius 1 is 1.17 bits per heavy atom. The first-order valence-electron chi connectivity index (χ1n) is 16.6. The number of benzene rings is 2. The minimum absolute atomic E-state index is 0.0820. The standard InChI is InChI=1S/C37H40ClF2N5O.C2H6/c1-6-21(2)29-18-31(45-35(22(29)3)28-14-15-42-36(33(28)38)37(39)40)30(24-10-8-7-9-11-24)20-43-23(4)25-16-26(19-44-27-12-13-27)34(41)32(17-25)46-5;1-2/h7-11,14-19,21,27,30,37,43H,4,6,12-13,20,41H2,1-3,5H3;1-2H3. The van der Waals surface area contributed by atoms with E-state index in [1.807, 2.05) is 57.3 Å². The number of aliphatic imine (C=N–C) groups is 1. The predicted octanol–water partition coefficient (Wildman–Crippen LogP) is 10.1. The van der Waals surface area contributed by atoms with Crippen molar-refractivity contribution >= 4 is 29.2 Å². The maximum Gasteiger partial charge on any atom is 0.281 e. The second-order valence-electron chi connectivity index (χ2n) is 11.8. The van der Waals surface area contributed by atoms with E-state index in [0.29, 0.717) is 41.0 Å². The lowest BCUT2D eigenvalue weighted by Gasteiger charge is -2.24. The molecule has 3 N–H and O–H groups in total. The van der Waals surface area contributed by atoms with Crippen molar-refractivity contribution in [3.63, 3.8) is 0 Å². The van der Waals surface area contributed by atoms with E-state index in [-0.39, 0.29) is 16.9 Å². The van der Waals surface area contributed by atoms with Crippen LogP contribution in [0.1, 0.15) is 104 Å². The van der Waals surface area contributed by atoms with Gasteiger partial charge in [0.15, 0.2) is 0 Å². The number of nitrogens with zero attached hydrogens (tertiary/aromatic N) is 3. The summed E-state index contributed by atoms with van der Waals surface area (Å²) >= 11 is 6.55. The topological polar surface area (TPSA) is 85.4 Å². The number of ether oxygens (including phenoxy) is 1. The van der Waals surface area contributed by atoms with Gasteiger partial charge < -0.3 is 15.8 Å². The van der Waals surface area contributed by atoms with Crippen molar-refractivity contribution in [2.45, 2.75) is 78.2 Å². The van der Waals surface area contributed by atoms with Gasteiger partial charge in [-0.25, -0.2) is 8.78 Å². The number of nitrogens with two attached hydrogens (primary N) is 1. The number of halogens is 3. The van der Waals surface area contributed by atoms with E-state index in [1.165, 1.54) is 6.20 Å². The van der Waals surface area contributed by atoms with Crippen molar-refractivity contribution in [1.82, 2.24) is 15.3 Å². The molecule has 0 amide bonds. The molecule has 0 bridgehead atoms. The number of hydrogen-bond acceptors (Lipinski definition) is 6. The molecule has 4 aromatic rings. The highest BCUT2D eigenvalue weighted by atomic mass is 35.5. The number of nitrogens with one attached hydrogen (secondary N) is 1. The third kappa shape index (κ3) is 8.40. The SMILES string of the molecule is C=C(NCC(c1ccccc1)c1cc(C(C)CC)c(C)c(-c2ccnc(C(F)F)c2Cl)n1)c1cc(C=NC2CC2)c(N)c(OC)c1.CC. The minimum Gasteiger partial charge on any atom is -0.495 e. The second-order valence-corrected chi connectivity index (χ2v) is 12.2. The summed E-state index contributed by atoms with van der Waals surface area (Å²) in [6.07, 6.45) is 3.46. The molecule has 5 rings (SSSR count). The van der Waals surface area contributed by atoms with Crippen LogP contribution in [-0.2, 0) is 0 Å². The number of aromatic nitrogens is 2. The zero-order valence-electron chi connectivity index (χ0n) is 28.7. The molecule has 2 aromatic carbocycles. The Kier molecular flexibility index (Phi) is 12.7. The number of rotatable bonds is 13. The van der Waals surface area contributed by atoms with Gasteiger partial charge >= 0.3 is 0 Å². The first kappa shape index (κ1) is 36.5. The van der Waals surface area contributed by atoms with Crippen molar-refractivity contribution in [2.75, 3.05) is 19.4 Å².